The Hall–Kier alpha value is -3.36. The number of phenolic OH excluding ortho intramolecular Hbond substituents is 1. The van der Waals surface area contributed by atoms with Crippen molar-refractivity contribution < 1.29 is 5.11 Å². The second-order valence-corrected chi connectivity index (χ2v) is 9.23. The van der Waals surface area contributed by atoms with E-state index in [0.29, 0.717) is 11.8 Å². The Labute approximate surface area is 212 Å². The molecule has 3 N–H and O–H groups in total. The van der Waals surface area contributed by atoms with Gasteiger partial charge in [0.2, 0.25) is 0 Å². The molecule has 3 aromatic rings. The summed E-state index contributed by atoms with van der Waals surface area (Å²) in [6.45, 7) is 9.99. The number of fused-ring (bicyclic) bond motifs is 7. The zero-order chi connectivity index (χ0) is 25.5. The van der Waals surface area contributed by atoms with Gasteiger partial charge in [0.05, 0.1) is 0 Å². The zero-order valence-electron chi connectivity index (χ0n) is 21.6. The summed E-state index contributed by atoms with van der Waals surface area (Å²) in [5.41, 5.74) is 12.3. The van der Waals surface area contributed by atoms with Crippen LogP contribution in [-0.2, 0) is 19.3 Å². The molecule has 0 heterocycles. The first-order valence-electron chi connectivity index (χ1n) is 12.5. The van der Waals surface area contributed by atoms with Crippen LogP contribution in [0.2, 0.25) is 0 Å². The number of phenols is 1. The maximum Gasteiger partial charge on any atom is 0.122 e. The number of allylic oxidation sites excluding steroid dienone is 5. The molecule has 0 saturated heterocycles. The third-order valence-corrected chi connectivity index (χ3v) is 5.67. The van der Waals surface area contributed by atoms with Crippen molar-refractivity contribution in [1.82, 2.24) is 0 Å². The van der Waals surface area contributed by atoms with Gasteiger partial charge in [-0.2, -0.15) is 0 Å². The maximum atomic E-state index is 10.9. The van der Waals surface area contributed by atoms with Gasteiger partial charge in [0.1, 0.15) is 5.75 Å². The second-order valence-electron chi connectivity index (χ2n) is 9.23. The Morgan fingerprint density at radius 2 is 1.31 bits per heavy atom. The van der Waals surface area contributed by atoms with Crippen molar-refractivity contribution in [3.05, 3.63) is 137 Å². The van der Waals surface area contributed by atoms with E-state index >= 15 is 0 Å². The fourth-order valence-corrected chi connectivity index (χ4v) is 3.74. The minimum absolute atomic E-state index is 0.333. The van der Waals surface area contributed by atoms with Crippen molar-refractivity contribution in [2.75, 3.05) is 0 Å². The summed E-state index contributed by atoms with van der Waals surface area (Å²) in [6.07, 6.45) is 10.8. The summed E-state index contributed by atoms with van der Waals surface area (Å²) < 4.78 is 0. The van der Waals surface area contributed by atoms with Crippen LogP contribution in [0.15, 0.2) is 115 Å². The van der Waals surface area contributed by atoms with E-state index in [4.69, 9.17) is 5.73 Å². The molecule has 184 valence electrons. The molecule has 0 spiro atoms. The van der Waals surface area contributed by atoms with Crippen molar-refractivity contribution in [2.45, 2.75) is 58.9 Å². The number of aromatic hydroxyl groups is 1. The molecule has 0 fully saturated rings. The second kappa shape index (κ2) is 15.5. The normalized spacial score (nSPS) is 16.0. The first-order chi connectivity index (χ1) is 16.9. The van der Waals surface area contributed by atoms with Crippen LogP contribution in [0.1, 0.15) is 55.9 Å². The molecule has 2 nitrogen and oxygen atoms in total. The van der Waals surface area contributed by atoms with E-state index in [1.807, 2.05) is 62.4 Å². The molecule has 2 bridgehead atoms. The quantitative estimate of drug-likeness (QED) is 0.410. The van der Waals surface area contributed by atoms with Gasteiger partial charge >= 0.3 is 0 Å². The molecule has 0 saturated carbocycles. The lowest BCUT2D eigenvalue weighted by atomic mass is 9.90. The van der Waals surface area contributed by atoms with E-state index in [1.165, 1.54) is 22.3 Å². The van der Waals surface area contributed by atoms with E-state index in [9.17, 15) is 5.11 Å². The Bertz CT molecular complexity index is 1050. The van der Waals surface area contributed by atoms with Gasteiger partial charge < -0.3 is 10.8 Å². The van der Waals surface area contributed by atoms with Crippen LogP contribution in [0.3, 0.4) is 0 Å². The summed E-state index contributed by atoms with van der Waals surface area (Å²) in [5, 5.41) is 10.9. The van der Waals surface area contributed by atoms with Crippen molar-refractivity contribution in [2.24, 2.45) is 5.73 Å². The van der Waals surface area contributed by atoms with Gasteiger partial charge in [-0.3, -0.25) is 0 Å². The Balaban J connectivity index is 0.000000360. The predicted octanol–water partition coefficient (Wildman–Crippen LogP) is 7.96. The minimum Gasteiger partial charge on any atom is -0.507 e. The summed E-state index contributed by atoms with van der Waals surface area (Å²) >= 11 is 0. The summed E-state index contributed by atoms with van der Waals surface area (Å²) in [6, 6.07) is 27.0. The third kappa shape index (κ3) is 10.6. The molecule has 0 amide bonds. The standard InChI is InChI=1S/C24H26O.C6H6.C3H9N/c1-3-19-11-9-18(2)10-13-22-16-15-21(14-12-19)23(24(22)25)17-20-7-5-4-6-8-20;1-2-4-6-5-3-1;1-3(2)4/h3-9,11,15-16,25H,1,10,12-14,17H2,2H3;1-6H;3H,4H2,1-2H3/b18-9+,19-11+;;. The van der Waals surface area contributed by atoms with E-state index in [1.54, 1.807) is 0 Å². The molecule has 0 unspecified atom stereocenters. The first kappa shape index (κ1) is 27.9. The lowest BCUT2D eigenvalue weighted by Crippen LogP contribution is -2.06. The SMILES string of the molecule is C=C/C1=C\C=C(/C)CCc2ccc(c(Cc3ccccc3)c2O)CC1.CC(C)N.c1ccccc1. The van der Waals surface area contributed by atoms with Crippen LogP contribution in [0, 0.1) is 0 Å². The lowest BCUT2D eigenvalue weighted by molar-refractivity contribution is 0.461. The number of hydrogen-bond donors (Lipinski definition) is 2. The van der Waals surface area contributed by atoms with Gasteiger partial charge in [0.15, 0.2) is 0 Å². The lowest BCUT2D eigenvalue weighted by Gasteiger charge is -2.17. The van der Waals surface area contributed by atoms with Gasteiger partial charge in [-0.15, -0.1) is 0 Å². The van der Waals surface area contributed by atoms with Crippen LogP contribution in [0.5, 0.6) is 5.75 Å². The van der Waals surface area contributed by atoms with Gasteiger partial charge in [-0.05, 0) is 60.9 Å². The van der Waals surface area contributed by atoms with E-state index in [-0.39, 0.29) is 0 Å². The monoisotopic (exact) mass is 467 g/mol. The number of rotatable bonds is 3. The number of hydrogen-bond acceptors (Lipinski definition) is 2. The molecule has 35 heavy (non-hydrogen) atoms. The summed E-state index contributed by atoms with van der Waals surface area (Å²) in [4.78, 5) is 0. The molecule has 3 aromatic carbocycles. The van der Waals surface area contributed by atoms with Crippen LogP contribution in [-0.4, -0.2) is 11.1 Å². The van der Waals surface area contributed by atoms with Crippen molar-refractivity contribution in [3.63, 3.8) is 0 Å². The van der Waals surface area contributed by atoms with Gasteiger partial charge in [0.25, 0.3) is 0 Å². The van der Waals surface area contributed by atoms with Crippen LogP contribution >= 0.6 is 0 Å². The summed E-state index contributed by atoms with van der Waals surface area (Å²) in [7, 11) is 0. The van der Waals surface area contributed by atoms with Crippen molar-refractivity contribution in [1.29, 1.82) is 0 Å². The van der Waals surface area contributed by atoms with Crippen LogP contribution < -0.4 is 5.73 Å². The molecule has 0 radical (unpaired) electrons. The molecule has 0 aromatic heterocycles. The van der Waals surface area contributed by atoms with Crippen LogP contribution in [0.4, 0.5) is 0 Å². The molecule has 5 rings (SSSR count). The summed E-state index contributed by atoms with van der Waals surface area (Å²) in [5.74, 6) is 0.485. The van der Waals surface area contributed by atoms with Crippen molar-refractivity contribution >= 4 is 0 Å². The maximum absolute atomic E-state index is 10.9. The first-order valence-corrected chi connectivity index (χ1v) is 12.5. The fraction of sp³-hybridized carbons (Fsp3) is 0.273. The topological polar surface area (TPSA) is 46.2 Å². The third-order valence-electron chi connectivity index (χ3n) is 5.67. The average molecular weight is 468 g/mol. The van der Waals surface area contributed by atoms with E-state index < -0.39 is 0 Å². The highest BCUT2D eigenvalue weighted by atomic mass is 16.3. The molecule has 2 heteroatoms. The average Bonchev–Trinajstić information content (AvgIpc) is 2.86. The molecule has 0 aliphatic heterocycles. The van der Waals surface area contributed by atoms with E-state index in [0.717, 1.165) is 43.2 Å². The Kier molecular flexibility index (Phi) is 12.4. The highest BCUT2D eigenvalue weighted by Crippen LogP contribution is 2.32. The minimum atomic E-state index is 0.333. The smallest absolute Gasteiger partial charge is 0.122 e. The predicted molar refractivity (Wildman–Crippen MR) is 152 cm³/mol. The molecular weight excluding hydrogens is 426 g/mol. The molecule has 2 aliphatic carbocycles. The van der Waals surface area contributed by atoms with Gasteiger partial charge in [-0.25, -0.2) is 0 Å². The highest BCUT2D eigenvalue weighted by Gasteiger charge is 2.14. The molecular formula is C33H41NO. The van der Waals surface area contributed by atoms with Gasteiger partial charge in [-0.1, -0.05) is 123 Å². The zero-order valence-corrected chi connectivity index (χ0v) is 21.6. The highest BCUT2D eigenvalue weighted by molar-refractivity contribution is 5.49. The van der Waals surface area contributed by atoms with E-state index in [2.05, 4.69) is 62.1 Å². The fourth-order valence-electron chi connectivity index (χ4n) is 3.74. The van der Waals surface area contributed by atoms with Crippen LogP contribution in [0.25, 0.3) is 0 Å². The Morgan fingerprint density at radius 3 is 1.89 bits per heavy atom. The number of aryl methyl sites for hydroxylation is 2. The number of benzene rings is 3. The number of nitrogens with two attached hydrogens (primary N) is 1. The molecule has 2 aliphatic rings. The molecule has 0 atom stereocenters. The van der Waals surface area contributed by atoms with Crippen molar-refractivity contribution in [3.8, 4) is 5.75 Å². The largest absolute Gasteiger partial charge is 0.507 e. The van der Waals surface area contributed by atoms with Gasteiger partial charge in [0, 0.05) is 12.0 Å². The Morgan fingerprint density at radius 1 is 0.800 bits per heavy atom.